The maximum absolute atomic E-state index is 10.2. The van der Waals surface area contributed by atoms with E-state index in [9.17, 15) is 5.11 Å². The lowest BCUT2D eigenvalue weighted by Crippen LogP contribution is -3.13. The standard InChI is InChI=1S/C14H23NO/c1-4-5-11-15(3)12(2)14(16)13-9-7-6-8-10-13/h6-10,12,14,16H,4-5,11H2,1-3H3/p+1/t12-,14-/m0/s1. The van der Waals surface area contributed by atoms with Crippen LogP contribution in [0, 0.1) is 0 Å². The number of hydrogen-bond donors (Lipinski definition) is 2. The Labute approximate surface area is 98.9 Å². The average Bonchev–Trinajstić information content (AvgIpc) is 2.35. The van der Waals surface area contributed by atoms with Gasteiger partial charge in [-0.1, -0.05) is 43.7 Å². The van der Waals surface area contributed by atoms with Crippen molar-refractivity contribution >= 4 is 0 Å². The molecule has 2 N–H and O–H groups in total. The van der Waals surface area contributed by atoms with Crippen LogP contribution in [0.2, 0.25) is 0 Å². The topological polar surface area (TPSA) is 24.7 Å². The van der Waals surface area contributed by atoms with Crippen molar-refractivity contribution in [1.82, 2.24) is 0 Å². The van der Waals surface area contributed by atoms with Gasteiger partial charge >= 0.3 is 0 Å². The fourth-order valence-corrected chi connectivity index (χ4v) is 1.89. The van der Waals surface area contributed by atoms with Gasteiger partial charge in [-0.3, -0.25) is 0 Å². The number of benzene rings is 1. The lowest BCUT2D eigenvalue weighted by Gasteiger charge is -2.26. The molecule has 0 spiro atoms. The van der Waals surface area contributed by atoms with Gasteiger partial charge in [0, 0.05) is 0 Å². The van der Waals surface area contributed by atoms with Crippen molar-refractivity contribution in [2.24, 2.45) is 0 Å². The molecule has 0 radical (unpaired) electrons. The Hall–Kier alpha value is -0.860. The number of rotatable bonds is 6. The van der Waals surface area contributed by atoms with Gasteiger partial charge in [0.2, 0.25) is 0 Å². The van der Waals surface area contributed by atoms with Crippen molar-refractivity contribution in [2.75, 3.05) is 13.6 Å². The number of nitrogens with one attached hydrogen (secondary N) is 1. The zero-order valence-electron chi connectivity index (χ0n) is 10.6. The predicted molar refractivity (Wildman–Crippen MR) is 67.5 cm³/mol. The highest BCUT2D eigenvalue weighted by Gasteiger charge is 2.22. The first-order chi connectivity index (χ1) is 7.66. The third-order valence-electron chi connectivity index (χ3n) is 3.32. The molecule has 90 valence electrons. The number of aliphatic hydroxyl groups is 1. The lowest BCUT2D eigenvalue weighted by atomic mass is 10.0. The fourth-order valence-electron chi connectivity index (χ4n) is 1.89. The van der Waals surface area contributed by atoms with Crippen LogP contribution in [0.25, 0.3) is 0 Å². The summed E-state index contributed by atoms with van der Waals surface area (Å²) in [7, 11) is 2.16. The van der Waals surface area contributed by atoms with Gasteiger partial charge in [0.25, 0.3) is 0 Å². The van der Waals surface area contributed by atoms with Crippen LogP contribution in [0.4, 0.5) is 0 Å². The highest BCUT2D eigenvalue weighted by molar-refractivity contribution is 5.17. The quantitative estimate of drug-likeness (QED) is 0.747. The van der Waals surface area contributed by atoms with E-state index in [0.29, 0.717) is 0 Å². The van der Waals surface area contributed by atoms with E-state index in [0.717, 1.165) is 12.1 Å². The molecule has 2 nitrogen and oxygen atoms in total. The molecule has 0 aliphatic rings. The Balaban J connectivity index is 2.56. The van der Waals surface area contributed by atoms with Crippen LogP contribution in [-0.2, 0) is 0 Å². The second-order valence-corrected chi connectivity index (χ2v) is 4.59. The van der Waals surface area contributed by atoms with Crippen molar-refractivity contribution in [3.8, 4) is 0 Å². The lowest BCUT2D eigenvalue weighted by molar-refractivity contribution is -0.908. The summed E-state index contributed by atoms with van der Waals surface area (Å²) in [6.07, 6.45) is 2.07. The molecular formula is C14H24NO+. The molecule has 0 aliphatic carbocycles. The average molecular weight is 222 g/mol. The molecule has 16 heavy (non-hydrogen) atoms. The van der Waals surface area contributed by atoms with Gasteiger partial charge in [-0.05, 0) is 18.9 Å². The van der Waals surface area contributed by atoms with Crippen LogP contribution >= 0.6 is 0 Å². The zero-order chi connectivity index (χ0) is 12.0. The highest BCUT2D eigenvalue weighted by atomic mass is 16.3. The molecule has 1 aromatic rings. The minimum atomic E-state index is -0.363. The van der Waals surface area contributed by atoms with Gasteiger partial charge in [0.15, 0.2) is 0 Å². The molecule has 0 saturated carbocycles. The molecule has 0 bridgehead atoms. The second-order valence-electron chi connectivity index (χ2n) is 4.59. The monoisotopic (exact) mass is 222 g/mol. The molecule has 3 atom stereocenters. The summed E-state index contributed by atoms with van der Waals surface area (Å²) in [5.74, 6) is 0. The molecule has 2 heteroatoms. The summed E-state index contributed by atoms with van der Waals surface area (Å²) < 4.78 is 0. The second kappa shape index (κ2) is 6.66. The molecule has 1 rings (SSSR count). The Morgan fingerprint density at radius 1 is 1.25 bits per heavy atom. The number of aliphatic hydroxyl groups excluding tert-OH is 1. The number of hydrogen-bond acceptors (Lipinski definition) is 1. The summed E-state index contributed by atoms with van der Waals surface area (Å²) in [6.45, 7) is 5.44. The van der Waals surface area contributed by atoms with E-state index >= 15 is 0 Å². The van der Waals surface area contributed by atoms with Crippen molar-refractivity contribution in [1.29, 1.82) is 0 Å². The molecule has 0 amide bonds. The largest absolute Gasteiger partial charge is 0.382 e. The SMILES string of the molecule is CCCC[NH+](C)[C@@H](C)[C@H](O)c1ccccc1. The first-order valence-electron chi connectivity index (χ1n) is 6.22. The number of unbranched alkanes of at least 4 members (excludes halogenated alkanes) is 1. The van der Waals surface area contributed by atoms with Gasteiger partial charge in [0.1, 0.15) is 12.1 Å². The number of likely N-dealkylation sites (N-methyl/N-ethyl adjacent to an activating group) is 1. The van der Waals surface area contributed by atoms with Gasteiger partial charge in [-0.15, -0.1) is 0 Å². The predicted octanol–water partition coefficient (Wildman–Crippen LogP) is 1.42. The Morgan fingerprint density at radius 3 is 2.44 bits per heavy atom. The van der Waals surface area contributed by atoms with Crippen LogP contribution in [0.5, 0.6) is 0 Å². The van der Waals surface area contributed by atoms with Crippen molar-refractivity contribution in [3.05, 3.63) is 35.9 Å². The van der Waals surface area contributed by atoms with E-state index < -0.39 is 0 Å². The molecule has 1 aromatic carbocycles. The molecule has 0 saturated heterocycles. The zero-order valence-corrected chi connectivity index (χ0v) is 10.6. The van der Waals surface area contributed by atoms with E-state index in [2.05, 4.69) is 20.9 Å². The normalized spacial score (nSPS) is 16.8. The van der Waals surface area contributed by atoms with Crippen molar-refractivity contribution in [3.63, 3.8) is 0 Å². The van der Waals surface area contributed by atoms with Gasteiger partial charge in [0.05, 0.1) is 13.6 Å². The fraction of sp³-hybridized carbons (Fsp3) is 0.571. The Morgan fingerprint density at radius 2 is 1.88 bits per heavy atom. The molecule has 1 unspecified atom stereocenters. The summed E-state index contributed by atoms with van der Waals surface area (Å²) in [6, 6.07) is 10.2. The maximum atomic E-state index is 10.2. The van der Waals surface area contributed by atoms with E-state index in [1.165, 1.54) is 17.7 Å². The van der Waals surface area contributed by atoms with E-state index in [4.69, 9.17) is 0 Å². The van der Waals surface area contributed by atoms with Crippen LogP contribution < -0.4 is 4.90 Å². The van der Waals surface area contributed by atoms with Crippen LogP contribution in [0.1, 0.15) is 38.4 Å². The van der Waals surface area contributed by atoms with Crippen LogP contribution in [0.15, 0.2) is 30.3 Å². The van der Waals surface area contributed by atoms with Crippen molar-refractivity contribution in [2.45, 2.75) is 38.8 Å². The Kier molecular flexibility index (Phi) is 5.50. The van der Waals surface area contributed by atoms with E-state index in [-0.39, 0.29) is 12.1 Å². The summed E-state index contributed by atoms with van der Waals surface area (Å²) in [5, 5.41) is 10.2. The molecule has 0 aliphatic heterocycles. The first kappa shape index (κ1) is 13.2. The molecular weight excluding hydrogens is 198 g/mol. The van der Waals surface area contributed by atoms with Gasteiger partial charge < -0.3 is 10.0 Å². The third kappa shape index (κ3) is 3.62. The number of quaternary nitrogens is 1. The van der Waals surface area contributed by atoms with Crippen LogP contribution in [-0.4, -0.2) is 24.7 Å². The summed E-state index contributed by atoms with van der Waals surface area (Å²) in [5.41, 5.74) is 1.02. The molecule has 0 aromatic heterocycles. The van der Waals surface area contributed by atoms with Gasteiger partial charge in [-0.2, -0.15) is 0 Å². The Bertz CT molecular complexity index is 286. The van der Waals surface area contributed by atoms with E-state index in [1.807, 2.05) is 30.3 Å². The summed E-state index contributed by atoms with van der Waals surface area (Å²) >= 11 is 0. The van der Waals surface area contributed by atoms with E-state index in [1.54, 1.807) is 0 Å². The van der Waals surface area contributed by atoms with Crippen LogP contribution in [0.3, 0.4) is 0 Å². The molecule has 0 heterocycles. The minimum absolute atomic E-state index is 0.244. The smallest absolute Gasteiger partial charge is 0.130 e. The van der Waals surface area contributed by atoms with Gasteiger partial charge in [-0.25, -0.2) is 0 Å². The van der Waals surface area contributed by atoms with Crippen molar-refractivity contribution < 1.29 is 10.0 Å². The minimum Gasteiger partial charge on any atom is -0.382 e. The first-order valence-corrected chi connectivity index (χ1v) is 6.22. The maximum Gasteiger partial charge on any atom is 0.130 e. The highest BCUT2D eigenvalue weighted by Crippen LogP contribution is 2.14. The summed E-state index contributed by atoms with van der Waals surface area (Å²) in [4.78, 5) is 1.40. The third-order valence-corrected chi connectivity index (χ3v) is 3.32. The molecule has 0 fully saturated rings.